The lowest BCUT2D eigenvalue weighted by Gasteiger charge is -2.38. The SMILES string of the molecule is Cc1ccc(OC2(C)CCC2)c(F)c1. The number of halogens is 1. The summed E-state index contributed by atoms with van der Waals surface area (Å²) in [7, 11) is 0. The number of rotatable bonds is 2. The molecule has 0 atom stereocenters. The summed E-state index contributed by atoms with van der Waals surface area (Å²) in [6.45, 7) is 3.91. The number of benzene rings is 1. The topological polar surface area (TPSA) is 9.23 Å². The lowest BCUT2D eigenvalue weighted by Crippen LogP contribution is -2.39. The van der Waals surface area contributed by atoms with Gasteiger partial charge in [0, 0.05) is 0 Å². The van der Waals surface area contributed by atoms with Crippen molar-refractivity contribution < 1.29 is 9.13 Å². The van der Waals surface area contributed by atoms with Gasteiger partial charge in [-0.25, -0.2) is 4.39 Å². The van der Waals surface area contributed by atoms with Gasteiger partial charge in [-0.2, -0.15) is 0 Å². The van der Waals surface area contributed by atoms with Crippen molar-refractivity contribution in [3.8, 4) is 5.75 Å². The van der Waals surface area contributed by atoms with Crippen LogP contribution in [0.1, 0.15) is 31.7 Å². The first kappa shape index (κ1) is 9.50. The Morgan fingerprint density at radius 2 is 2.07 bits per heavy atom. The smallest absolute Gasteiger partial charge is 0.165 e. The zero-order chi connectivity index (χ0) is 10.2. The number of ether oxygens (including phenoxy) is 1. The van der Waals surface area contributed by atoms with Crippen LogP contribution in [-0.2, 0) is 0 Å². The molecule has 0 radical (unpaired) electrons. The standard InChI is InChI=1S/C12H15FO/c1-9-4-5-11(10(13)8-9)14-12(2)6-3-7-12/h4-5,8H,3,6-7H2,1-2H3. The molecule has 1 aromatic rings. The van der Waals surface area contributed by atoms with Crippen molar-refractivity contribution in [1.82, 2.24) is 0 Å². The molecule has 0 bridgehead atoms. The molecule has 0 saturated heterocycles. The molecular weight excluding hydrogens is 179 g/mol. The molecule has 0 aromatic heterocycles. The first-order valence-electron chi connectivity index (χ1n) is 5.04. The molecule has 0 aliphatic heterocycles. The highest BCUT2D eigenvalue weighted by molar-refractivity contribution is 5.29. The van der Waals surface area contributed by atoms with Crippen molar-refractivity contribution in [2.24, 2.45) is 0 Å². The second-order valence-electron chi connectivity index (χ2n) is 4.34. The molecule has 1 aliphatic rings. The Morgan fingerprint density at radius 1 is 1.36 bits per heavy atom. The van der Waals surface area contributed by atoms with Gasteiger partial charge in [0.2, 0.25) is 0 Å². The summed E-state index contributed by atoms with van der Waals surface area (Å²) in [5, 5.41) is 0. The summed E-state index contributed by atoms with van der Waals surface area (Å²) in [4.78, 5) is 0. The Bertz CT molecular complexity index is 342. The normalized spacial score (nSPS) is 18.8. The molecule has 1 nitrogen and oxygen atoms in total. The van der Waals surface area contributed by atoms with Crippen molar-refractivity contribution in [1.29, 1.82) is 0 Å². The van der Waals surface area contributed by atoms with Crippen LogP contribution in [0.25, 0.3) is 0 Å². The third kappa shape index (κ3) is 1.74. The maximum absolute atomic E-state index is 13.4. The molecule has 0 unspecified atom stereocenters. The molecule has 1 fully saturated rings. The quantitative estimate of drug-likeness (QED) is 0.700. The molecule has 1 saturated carbocycles. The second kappa shape index (κ2) is 3.26. The Hall–Kier alpha value is -1.05. The van der Waals surface area contributed by atoms with Crippen molar-refractivity contribution in [3.05, 3.63) is 29.6 Å². The van der Waals surface area contributed by atoms with E-state index in [0.717, 1.165) is 18.4 Å². The van der Waals surface area contributed by atoms with Crippen molar-refractivity contribution in [2.45, 2.75) is 38.7 Å². The van der Waals surface area contributed by atoms with Gasteiger partial charge in [-0.1, -0.05) is 6.07 Å². The van der Waals surface area contributed by atoms with Crippen LogP contribution in [0.2, 0.25) is 0 Å². The van der Waals surface area contributed by atoms with Gasteiger partial charge in [-0.05, 0) is 50.8 Å². The Balaban J connectivity index is 2.16. The van der Waals surface area contributed by atoms with E-state index in [2.05, 4.69) is 0 Å². The average Bonchev–Trinajstić information content (AvgIpc) is 2.07. The van der Waals surface area contributed by atoms with Crippen LogP contribution in [0.15, 0.2) is 18.2 Å². The molecular formula is C12H15FO. The predicted octanol–water partition coefficient (Wildman–Crippen LogP) is 3.46. The zero-order valence-corrected chi connectivity index (χ0v) is 8.64. The van der Waals surface area contributed by atoms with E-state index >= 15 is 0 Å². The summed E-state index contributed by atoms with van der Waals surface area (Å²) < 4.78 is 19.1. The van der Waals surface area contributed by atoms with Gasteiger partial charge in [0.1, 0.15) is 5.60 Å². The third-order valence-electron chi connectivity index (χ3n) is 2.85. The van der Waals surface area contributed by atoms with E-state index in [0.29, 0.717) is 5.75 Å². The van der Waals surface area contributed by atoms with Gasteiger partial charge >= 0.3 is 0 Å². The summed E-state index contributed by atoms with van der Waals surface area (Å²) >= 11 is 0. The molecule has 76 valence electrons. The molecule has 0 heterocycles. The van der Waals surface area contributed by atoms with E-state index < -0.39 is 0 Å². The maximum atomic E-state index is 13.4. The summed E-state index contributed by atoms with van der Waals surface area (Å²) in [5.41, 5.74) is 0.796. The van der Waals surface area contributed by atoms with Gasteiger partial charge in [-0.15, -0.1) is 0 Å². The Kier molecular flexibility index (Phi) is 2.22. The highest BCUT2D eigenvalue weighted by Gasteiger charge is 2.34. The van der Waals surface area contributed by atoms with Crippen LogP contribution in [0, 0.1) is 12.7 Å². The molecule has 0 N–H and O–H groups in total. The van der Waals surface area contributed by atoms with Crippen LogP contribution in [0.5, 0.6) is 5.75 Å². The first-order valence-corrected chi connectivity index (χ1v) is 5.04. The lowest BCUT2D eigenvalue weighted by molar-refractivity contribution is 0.00793. The van der Waals surface area contributed by atoms with E-state index in [9.17, 15) is 4.39 Å². The summed E-state index contributed by atoms with van der Waals surface area (Å²) in [6, 6.07) is 5.10. The Labute approximate surface area is 83.9 Å². The second-order valence-corrected chi connectivity index (χ2v) is 4.34. The third-order valence-corrected chi connectivity index (χ3v) is 2.85. The highest BCUT2D eigenvalue weighted by atomic mass is 19.1. The van der Waals surface area contributed by atoms with E-state index in [4.69, 9.17) is 4.74 Å². The number of hydrogen-bond acceptors (Lipinski definition) is 1. The van der Waals surface area contributed by atoms with E-state index in [1.54, 1.807) is 6.07 Å². The molecule has 0 amide bonds. The van der Waals surface area contributed by atoms with Gasteiger partial charge in [0.25, 0.3) is 0 Å². The number of aryl methyl sites for hydroxylation is 1. The van der Waals surface area contributed by atoms with Gasteiger partial charge in [0.15, 0.2) is 11.6 Å². The molecule has 14 heavy (non-hydrogen) atoms. The fraction of sp³-hybridized carbons (Fsp3) is 0.500. The fourth-order valence-corrected chi connectivity index (χ4v) is 1.73. The Morgan fingerprint density at radius 3 is 2.57 bits per heavy atom. The predicted molar refractivity (Wildman–Crippen MR) is 54.0 cm³/mol. The minimum Gasteiger partial charge on any atom is -0.485 e. The maximum Gasteiger partial charge on any atom is 0.165 e. The van der Waals surface area contributed by atoms with Crippen molar-refractivity contribution in [2.75, 3.05) is 0 Å². The minimum absolute atomic E-state index is 0.129. The molecule has 1 aromatic carbocycles. The minimum atomic E-state index is -0.252. The van der Waals surface area contributed by atoms with Gasteiger partial charge in [-0.3, -0.25) is 0 Å². The molecule has 0 spiro atoms. The van der Waals surface area contributed by atoms with Crippen LogP contribution < -0.4 is 4.74 Å². The molecule has 2 heteroatoms. The van der Waals surface area contributed by atoms with Crippen LogP contribution in [0.3, 0.4) is 0 Å². The molecule has 1 aliphatic carbocycles. The van der Waals surface area contributed by atoms with Crippen molar-refractivity contribution in [3.63, 3.8) is 0 Å². The average molecular weight is 194 g/mol. The zero-order valence-electron chi connectivity index (χ0n) is 8.64. The van der Waals surface area contributed by atoms with Crippen LogP contribution in [-0.4, -0.2) is 5.60 Å². The largest absolute Gasteiger partial charge is 0.485 e. The van der Waals surface area contributed by atoms with Crippen molar-refractivity contribution >= 4 is 0 Å². The van der Waals surface area contributed by atoms with Gasteiger partial charge < -0.3 is 4.74 Å². The van der Waals surface area contributed by atoms with E-state index in [-0.39, 0.29) is 11.4 Å². The van der Waals surface area contributed by atoms with Crippen LogP contribution >= 0.6 is 0 Å². The van der Waals surface area contributed by atoms with E-state index in [1.165, 1.54) is 12.5 Å². The fourth-order valence-electron chi connectivity index (χ4n) is 1.73. The van der Waals surface area contributed by atoms with Crippen LogP contribution in [0.4, 0.5) is 4.39 Å². The lowest BCUT2D eigenvalue weighted by atomic mass is 9.82. The highest BCUT2D eigenvalue weighted by Crippen LogP contribution is 2.36. The molecule has 2 rings (SSSR count). The monoisotopic (exact) mass is 194 g/mol. The number of hydrogen-bond donors (Lipinski definition) is 0. The summed E-state index contributed by atoms with van der Waals surface area (Å²) in [5.74, 6) is 0.135. The first-order chi connectivity index (χ1) is 6.59. The van der Waals surface area contributed by atoms with Gasteiger partial charge in [0.05, 0.1) is 0 Å². The summed E-state index contributed by atoms with van der Waals surface area (Å²) in [6.07, 6.45) is 3.24. The van der Waals surface area contributed by atoms with E-state index in [1.807, 2.05) is 19.9 Å².